The number of ether oxygens (including phenoxy) is 1. The van der Waals surface area contributed by atoms with Crippen molar-refractivity contribution < 1.29 is 4.74 Å². The number of hydrogen-bond donors (Lipinski definition) is 1. The second kappa shape index (κ2) is 4.27. The summed E-state index contributed by atoms with van der Waals surface area (Å²) in [7, 11) is 1.69. The van der Waals surface area contributed by atoms with Gasteiger partial charge in [-0.3, -0.25) is 0 Å². The maximum Gasteiger partial charge on any atom is 0.122 e. The summed E-state index contributed by atoms with van der Waals surface area (Å²) in [5.41, 5.74) is 9.94. The summed E-state index contributed by atoms with van der Waals surface area (Å²) in [6.07, 6.45) is 0. The van der Waals surface area contributed by atoms with Crippen LogP contribution in [0.2, 0.25) is 0 Å². The Balaban J connectivity index is 2.51. The lowest BCUT2D eigenvalue weighted by Crippen LogP contribution is -1.90. The zero-order valence-electron chi connectivity index (χ0n) is 9.53. The van der Waals surface area contributed by atoms with Gasteiger partial charge in [0.2, 0.25) is 0 Å². The quantitative estimate of drug-likeness (QED) is 0.777. The first-order chi connectivity index (χ1) is 7.72. The van der Waals surface area contributed by atoms with Gasteiger partial charge in [-0.1, -0.05) is 24.3 Å². The molecule has 0 aromatic heterocycles. The SMILES string of the molecule is COc1cccc(-c2ccc(N)cc2)c1C. The number of nitrogens with two attached hydrogens (primary N) is 1. The predicted molar refractivity (Wildman–Crippen MR) is 67.6 cm³/mol. The van der Waals surface area contributed by atoms with Crippen LogP contribution in [0.5, 0.6) is 5.75 Å². The Morgan fingerprint density at radius 2 is 1.69 bits per heavy atom. The minimum Gasteiger partial charge on any atom is -0.496 e. The first-order valence-electron chi connectivity index (χ1n) is 5.22. The Kier molecular flexibility index (Phi) is 2.82. The normalized spacial score (nSPS) is 10.1. The van der Waals surface area contributed by atoms with E-state index in [4.69, 9.17) is 10.5 Å². The number of methoxy groups -OCH3 is 1. The summed E-state index contributed by atoms with van der Waals surface area (Å²) in [5.74, 6) is 0.911. The summed E-state index contributed by atoms with van der Waals surface area (Å²) < 4.78 is 5.31. The van der Waals surface area contributed by atoms with Crippen molar-refractivity contribution >= 4 is 5.69 Å². The summed E-state index contributed by atoms with van der Waals surface area (Å²) >= 11 is 0. The van der Waals surface area contributed by atoms with Gasteiger partial charge in [-0.05, 0) is 41.8 Å². The van der Waals surface area contributed by atoms with Crippen LogP contribution >= 0.6 is 0 Å². The van der Waals surface area contributed by atoms with Crippen molar-refractivity contribution in [1.29, 1.82) is 0 Å². The number of benzene rings is 2. The molecule has 0 saturated heterocycles. The van der Waals surface area contributed by atoms with Crippen LogP contribution in [0.3, 0.4) is 0 Å². The minimum absolute atomic E-state index is 0.782. The van der Waals surface area contributed by atoms with E-state index < -0.39 is 0 Å². The van der Waals surface area contributed by atoms with Crippen molar-refractivity contribution in [3.05, 3.63) is 48.0 Å². The van der Waals surface area contributed by atoms with E-state index >= 15 is 0 Å². The van der Waals surface area contributed by atoms with E-state index in [1.165, 1.54) is 5.56 Å². The maximum atomic E-state index is 5.67. The molecule has 0 atom stereocenters. The van der Waals surface area contributed by atoms with Crippen LogP contribution in [0.25, 0.3) is 11.1 Å². The molecule has 0 spiro atoms. The van der Waals surface area contributed by atoms with Crippen LogP contribution in [0, 0.1) is 6.92 Å². The fourth-order valence-corrected chi connectivity index (χ4v) is 1.81. The topological polar surface area (TPSA) is 35.2 Å². The third-order valence-corrected chi connectivity index (χ3v) is 2.73. The van der Waals surface area contributed by atoms with Crippen LogP contribution < -0.4 is 10.5 Å². The molecule has 2 nitrogen and oxygen atoms in total. The van der Waals surface area contributed by atoms with Crippen LogP contribution in [0.4, 0.5) is 5.69 Å². The van der Waals surface area contributed by atoms with Crippen LogP contribution in [0.1, 0.15) is 5.56 Å². The van der Waals surface area contributed by atoms with Crippen molar-refractivity contribution in [2.75, 3.05) is 12.8 Å². The molecule has 2 aromatic carbocycles. The molecular formula is C14H15NO. The third kappa shape index (κ3) is 1.87. The number of rotatable bonds is 2. The summed E-state index contributed by atoms with van der Waals surface area (Å²) in [6, 6.07) is 13.9. The highest BCUT2D eigenvalue weighted by atomic mass is 16.5. The smallest absolute Gasteiger partial charge is 0.122 e. The summed E-state index contributed by atoms with van der Waals surface area (Å²) in [6.45, 7) is 2.06. The van der Waals surface area contributed by atoms with Gasteiger partial charge in [0.1, 0.15) is 5.75 Å². The molecule has 0 aliphatic heterocycles. The highest BCUT2D eigenvalue weighted by Crippen LogP contribution is 2.29. The zero-order chi connectivity index (χ0) is 11.5. The highest BCUT2D eigenvalue weighted by molar-refractivity contribution is 5.71. The first-order valence-corrected chi connectivity index (χ1v) is 5.22. The Morgan fingerprint density at radius 1 is 1.00 bits per heavy atom. The van der Waals surface area contributed by atoms with Gasteiger partial charge in [-0.2, -0.15) is 0 Å². The standard InChI is InChI=1S/C14H15NO/c1-10-13(4-3-5-14(10)16-2)11-6-8-12(15)9-7-11/h3-9H,15H2,1-2H3. The Bertz CT molecular complexity index is 489. The van der Waals surface area contributed by atoms with Gasteiger partial charge in [-0.25, -0.2) is 0 Å². The fourth-order valence-electron chi connectivity index (χ4n) is 1.81. The van der Waals surface area contributed by atoms with Gasteiger partial charge < -0.3 is 10.5 Å². The maximum absolute atomic E-state index is 5.67. The average Bonchev–Trinajstić information content (AvgIpc) is 2.31. The number of anilines is 1. The molecule has 0 amide bonds. The minimum atomic E-state index is 0.782. The van der Waals surface area contributed by atoms with Crippen molar-refractivity contribution in [1.82, 2.24) is 0 Å². The monoisotopic (exact) mass is 213 g/mol. The molecule has 0 unspecified atom stereocenters. The molecule has 2 heteroatoms. The molecule has 0 aliphatic carbocycles. The van der Waals surface area contributed by atoms with Crippen molar-refractivity contribution in [3.8, 4) is 16.9 Å². The number of nitrogen functional groups attached to an aromatic ring is 1. The Hall–Kier alpha value is -1.96. The van der Waals surface area contributed by atoms with E-state index in [1.54, 1.807) is 7.11 Å². The molecule has 0 fully saturated rings. The van der Waals surface area contributed by atoms with E-state index in [2.05, 4.69) is 13.0 Å². The van der Waals surface area contributed by atoms with E-state index in [1.807, 2.05) is 36.4 Å². The molecule has 0 aliphatic rings. The second-order valence-electron chi connectivity index (χ2n) is 3.75. The van der Waals surface area contributed by atoms with Gasteiger partial charge in [0.15, 0.2) is 0 Å². The average molecular weight is 213 g/mol. The van der Waals surface area contributed by atoms with Crippen molar-refractivity contribution in [2.45, 2.75) is 6.92 Å². The molecule has 82 valence electrons. The van der Waals surface area contributed by atoms with Gasteiger partial charge in [0, 0.05) is 5.69 Å². The zero-order valence-corrected chi connectivity index (χ0v) is 9.53. The van der Waals surface area contributed by atoms with Crippen molar-refractivity contribution in [3.63, 3.8) is 0 Å². The van der Waals surface area contributed by atoms with E-state index in [0.717, 1.165) is 22.6 Å². The van der Waals surface area contributed by atoms with Crippen LogP contribution in [-0.4, -0.2) is 7.11 Å². The molecule has 16 heavy (non-hydrogen) atoms. The lowest BCUT2D eigenvalue weighted by atomic mass is 10.00. The van der Waals surface area contributed by atoms with E-state index in [9.17, 15) is 0 Å². The third-order valence-electron chi connectivity index (χ3n) is 2.73. The molecule has 0 saturated carbocycles. The lowest BCUT2D eigenvalue weighted by Gasteiger charge is -2.10. The lowest BCUT2D eigenvalue weighted by molar-refractivity contribution is 0.412. The largest absolute Gasteiger partial charge is 0.496 e. The van der Waals surface area contributed by atoms with E-state index in [-0.39, 0.29) is 0 Å². The Labute approximate surface area is 95.7 Å². The molecular weight excluding hydrogens is 198 g/mol. The van der Waals surface area contributed by atoms with Crippen LogP contribution in [-0.2, 0) is 0 Å². The number of hydrogen-bond acceptors (Lipinski definition) is 2. The second-order valence-corrected chi connectivity index (χ2v) is 3.75. The fraction of sp³-hybridized carbons (Fsp3) is 0.143. The van der Waals surface area contributed by atoms with Gasteiger partial charge in [0.25, 0.3) is 0 Å². The first kappa shape index (κ1) is 10.6. The van der Waals surface area contributed by atoms with E-state index in [0.29, 0.717) is 0 Å². The molecule has 0 heterocycles. The summed E-state index contributed by atoms with van der Waals surface area (Å²) in [4.78, 5) is 0. The molecule has 2 aromatic rings. The van der Waals surface area contributed by atoms with Gasteiger partial charge in [-0.15, -0.1) is 0 Å². The molecule has 0 bridgehead atoms. The predicted octanol–water partition coefficient (Wildman–Crippen LogP) is 3.25. The van der Waals surface area contributed by atoms with Gasteiger partial charge in [0.05, 0.1) is 7.11 Å². The Morgan fingerprint density at radius 3 is 2.31 bits per heavy atom. The summed E-state index contributed by atoms with van der Waals surface area (Å²) in [5, 5.41) is 0. The highest BCUT2D eigenvalue weighted by Gasteiger charge is 2.05. The molecule has 2 N–H and O–H groups in total. The van der Waals surface area contributed by atoms with Crippen LogP contribution in [0.15, 0.2) is 42.5 Å². The van der Waals surface area contributed by atoms with Gasteiger partial charge >= 0.3 is 0 Å². The van der Waals surface area contributed by atoms with Crippen molar-refractivity contribution in [2.24, 2.45) is 0 Å². The molecule has 2 rings (SSSR count). The molecule has 0 radical (unpaired) electrons.